The summed E-state index contributed by atoms with van der Waals surface area (Å²) < 4.78 is 5.64. The summed E-state index contributed by atoms with van der Waals surface area (Å²) in [5.41, 5.74) is 0. The third-order valence-electron chi connectivity index (χ3n) is 2.06. The Labute approximate surface area is 67.7 Å². The van der Waals surface area contributed by atoms with Crippen molar-refractivity contribution < 1.29 is 4.74 Å². The maximum Gasteiger partial charge on any atom is 0.0715 e. The van der Waals surface area contributed by atoms with E-state index in [1.54, 1.807) is 0 Å². The molecule has 2 heteroatoms. The Morgan fingerprint density at radius 3 is 2.50 bits per heavy atom. The van der Waals surface area contributed by atoms with Gasteiger partial charge in [-0.05, 0) is 18.8 Å². The van der Waals surface area contributed by atoms with Crippen LogP contribution in [0.4, 0.5) is 0 Å². The van der Waals surface area contributed by atoms with Crippen molar-refractivity contribution in [3.05, 3.63) is 0 Å². The van der Waals surface area contributed by atoms with Crippen molar-refractivity contribution in [3.63, 3.8) is 0 Å². The quantitative estimate of drug-likeness (QED) is 0.567. The Balaban J connectivity index is 2.28. The lowest BCUT2D eigenvalue weighted by molar-refractivity contribution is 0.0305. The number of ether oxygens (including phenoxy) is 1. The molecule has 0 saturated carbocycles. The Hall–Kier alpha value is 0.250. The third kappa shape index (κ3) is 1.86. The van der Waals surface area contributed by atoms with Gasteiger partial charge in [0.1, 0.15) is 0 Å². The summed E-state index contributed by atoms with van der Waals surface area (Å²) in [6, 6.07) is 0. The number of rotatable bonds is 2. The second-order valence-corrected chi connectivity index (χ2v) is 3.58. The van der Waals surface area contributed by atoms with Crippen molar-refractivity contribution in [1.82, 2.24) is 0 Å². The van der Waals surface area contributed by atoms with Crippen LogP contribution in [0.3, 0.4) is 0 Å². The molecule has 1 fully saturated rings. The van der Waals surface area contributed by atoms with Crippen LogP contribution < -0.4 is 0 Å². The van der Waals surface area contributed by atoms with E-state index in [2.05, 4.69) is 13.8 Å². The first-order valence-corrected chi connectivity index (χ1v) is 4.49. The van der Waals surface area contributed by atoms with E-state index < -0.39 is 0 Å². The zero-order valence-electron chi connectivity index (χ0n) is 6.64. The Bertz CT molecular complexity index is 103. The van der Waals surface area contributed by atoms with E-state index in [1.807, 2.05) is 0 Å². The van der Waals surface area contributed by atoms with Gasteiger partial charge in [0.05, 0.1) is 12.2 Å². The minimum absolute atomic E-state index is 0.328. The number of hydrogen-bond donors (Lipinski definition) is 0. The zero-order chi connectivity index (χ0) is 7.56. The Morgan fingerprint density at radius 1 is 1.50 bits per heavy atom. The Kier molecular flexibility index (Phi) is 2.99. The first-order valence-electron chi connectivity index (χ1n) is 3.95. The molecule has 0 spiro atoms. The molecule has 1 nitrogen and oxygen atoms in total. The van der Waals surface area contributed by atoms with E-state index in [0.29, 0.717) is 24.0 Å². The highest BCUT2D eigenvalue weighted by molar-refractivity contribution is 6.18. The predicted molar refractivity (Wildman–Crippen MR) is 43.5 cm³/mol. The fourth-order valence-electron chi connectivity index (χ4n) is 1.34. The normalized spacial score (nSPS) is 33.6. The van der Waals surface area contributed by atoms with E-state index in [-0.39, 0.29) is 0 Å². The lowest BCUT2D eigenvalue weighted by Gasteiger charge is -2.14. The molecule has 1 aliphatic rings. The topological polar surface area (TPSA) is 9.23 Å². The molecule has 0 radical (unpaired) electrons. The maximum absolute atomic E-state index is 5.65. The summed E-state index contributed by atoms with van der Waals surface area (Å²) in [4.78, 5) is 0. The van der Waals surface area contributed by atoms with E-state index in [0.717, 1.165) is 6.42 Å². The van der Waals surface area contributed by atoms with Crippen LogP contribution >= 0.6 is 11.6 Å². The molecule has 60 valence electrons. The molecule has 0 unspecified atom stereocenters. The van der Waals surface area contributed by atoms with Crippen LogP contribution in [0.5, 0.6) is 0 Å². The molecule has 0 aromatic carbocycles. The average Bonchev–Trinajstić information content (AvgIpc) is 2.34. The van der Waals surface area contributed by atoms with Gasteiger partial charge in [-0.2, -0.15) is 0 Å². The highest BCUT2D eigenvalue weighted by Crippen LogP contribution is 2.25. The standard InChI is InChI=1S/C8H15ClO/c1-6(2)8-4-3-7(5-9)10-8/h6-8H,3-5H2,1-2H3/t7-,8-/m1/s1. The van der Waals surface area contributed by atoms with Crippen LogP contribution in [0.15, 0.2) is 0 Å². The van der Waals surface area contributed by atoms with E-state index in [1.165, 1.54) is 6.42 Å². The molecule has 0 aromatic heterocycles. The summed E-state index contributed by atoms with van der Waals surface area (Å²) in [6.45, 7) is 4.39. The van der Waals surface area contributed by atoms with Gasteiger partial charge in [0.25, 0.3) is 0 Å². The SMILES string of the molecule is CC(C)[C@H]1CC[C@H](CCl)O1. The maximum atomic E-state index is 5.65. The average molecular weight is 163 g/mol. The molecule has 2 atom stereocenters. The molecule has 1 rings (SSSR count). The summed E-state index contributed by atoms with van der Waals surface area (Å²) in [5.74, 6) is 1.30. The van der Waals surface area contributed by atoms with Crippen LogP contribution in [0.25, 0.3) is 0 Å². The lowest BCUT2D eigenvalue weighted by Crippen LogP contribution is -2.17. The summed E-state index contributed by atoms with van der Waals surface area (Å²) in [7, 11) is 0. The number of hydrogen-bond acceptors (Lipinski definition) is 1. The summed E-state index contributed by atoms with van der Waals surface area (Å²) >= 11 is 5.65. The Morgan fingerprint density at radius 2 is 2.20 bits per heavy atom. The first kappa shape index (κ1) is 8.35. The largest absolute Gasteiger partial charge is 0.373 e. The molecule has 0 aliphatic carbocycles. The van der Waals surface area contributed by atoms with Crippen LogP contribution in [0.2, 0.25) is 0 Å². The van der Waals surface area contributed by atoms with Gasteiger partial charge in [-0.25, -0.2) is 0 Å². The minimum Gasteiger partial charge on any atom is -0.373 e. The van der Waals surface area contributed by atoms with Gasteiger partial charge in [0.15, 0.2) is 0 Å². The number of alkyl halides is 1. The molecule has 10 heavy (non-hydrogen) atoms. The second kappa shape index (κ2) is 3.59. The molecule has 0 amide bonds. The van der Waals surface area contributed by atoms with Gasteiger partial charge in [-0.1, -0.05) is 13.8 Å². The van der Waals surface area contributed by atoms with Crippen molar-refractivity contribution in [2.45, 2.75) is 38.9 Å². The van der Waals surface area contributed by atoms with Gasteiger partial charge in [-0.3, -0.25) is 0 Å². The van der Waals surface area contributed by atoms with Crippen LogP contribution in [0.1, 0.15) is 26.7 Å². The van der Waals surface area contributed by atoms with Crippen molar-refractivity contribution in [3.8, 4) is 0 Å². The molecule has 1 aliphatic heterocycles. The molecular formula is C8H15ClO. The fourth-order valence-corrected chi connectivity index (χ4v) is 1.56. The van der Waals surface area contributed by atoms with Gasteiger partial charge in [0.2, 0.25) is 0 Å². The van der Waals surface area contributed by atoms with Crippen LogP contribution in [-0.2, 0) is 4.74 Å². The zero-order valence-corrected chi connectivity index (χ0v) is 7.40. The van der Waals surface area contributed by atoms with Crippen LogP contribution in [0, 0.1) is 5.92 Å². The van der Waals surface area contributed by atoms with Crippen molar-refractivity contribution in [2.75, 3.05) is 5.88 Å². The summed E-state index contributed by atoms with van der Waals surface area (Å²) in [5, 5.41) is 0. The van der Waals surface area contributed by atoms with E-state index >= 15 is 0 Å². The van der Waals surface area contributed by atoms with Crippen molar-refractivity contribution in [2.24, 2.45) is 5.92 Å². The van der Waals surface area contributed by atoms with E-state index in [9.17, 15) is 0 Å². The van der Waals surface area contributed by atoms with Gasteiger partial charge >= 0.3 is 0 Å². The fraction of sp³-hybridized carbons (Fsp3) is 1.00. The van der Waals surface area contributed by atoms with Gasteiger partial charge in [-0.15, -0.1) is 11.6 Å². The molecule has 0 N–H and O–H groups in total. The van der Waals surface area contributed by atoms with Gasteiger partial charge in [0, 0.05) is 5.88 Å². The monoisotopic (exact) mass is 162 g/mol. The molecule has 1 saturated heterocycles. The van der Waals surface area contributed by atoms with Crippen molar-refractivity contribution >= 4 is 11.6 Å². The molecular weight excluding hydrogens is 148 g/mol. The predicted octanol–water partition coefficient (Wildman–Crippen LogP) is 2.43. The summed E-state index contributed by atoms with van der Waals surface area (Å²) in [6.07, 6.45) is 3.12. The van der Waals surface area contributed by atoms with Crippen LogP contribution in [-0.4, -0.2) is 18.1 Å². The first-order chi connectivity index (χ1) is 4.74. The lowest BCUT2D eigenvalue weighted by atomic mass is 10.0. The second-order valence-electron chi connectivity index (χ2n) is 3.27. The van der Waals surface area contributed by atoms with E-state index in [4.69, 9.17) is 16.3 Å². The third-order valence-corrected chi connectivity index (χ3v) is 2.40. The van der Waals surface area contributed by atoms with Gasteiger partial charge < -0.3 is 4.74 Å². The molecule has 1 heterocycles. The minimum atomic E-state index is 0.328. The number of halogens is 1. The molecule has 0 bridgehead atoms. The highest BCUT2D eigenvalue weighted by atomic mass is 35.5. The smallest absolute Gasteiger partial charge is 0.0715 e. The highest BCUT2D eigenvalue weighted by Gasteiger charge is 2.26. The van der Waals surface area contributed by atoms with Crippen molar-refractivity contribution in [1.29, 1.82) is 0 Å². The molecule has 0 aromatic rings.